The average molecular weight is 270 g/mol. The largest absolute Gasteiger partial charge is 0.385 e. The van der Waals surface area contributed by atoms with Gasteiger partial charge >= 0.3 is 0 Å². The normalized spacial score (nSPS) is 25.8. The Hall–Kier alpha value is 0.160. The first-order chi connectivity index (χ1) is 7.45. The molecule has 4 nitrogen and oxygen atoms in total. The molecule has 0 unspecified atom stereocenters. The van der Waals surface area contributed by atoms with E-state index in [4.69, 9.17) is 16.3 Å². The molecule has 0 atom stereocenters. The minimum absolute atomic E-state index is 0.161. The predicted molar refractivity (Wildman–Crippen MR) is 65.3 cm³/mol. The zero-order valence-corrected chi connectivity index (χ0v) is 11.4. The fourth-order valence-corrected chi connectivity index (χ4v) is 3.56. The van der Waals surface area contributed by atoms with Crippen LogP contribution in [-0.2, 0) is 14.8 Å². The van der Waals surface area contributed by atoms with Crippen LogP contribution >= 0.6 is 11.6 Å². The molecule has 0 bridgehead atoms. The molecule has 6 heteroatoms. The topological polar surface area (TPSA) is 46.6 Å². The van der Waals surface area contributed by atoms with Crippen LogP contribution in [0.5, 0.6) is 0 Å². The molecule has 96 valence electrons. The SMILES string of the molecule is COCCCS(=O)(=O)N(C)CC1CC(Cl)C1. The second-order valence-corrected chi connectivity index (χ2v) is 7.19. The fourth-order valence-electron chi connectivity index (χ4n) is 1.82. The minimum atomic E-state index is -3.11. The van der Waals surface area contributed by atoms with Crippen LogP contribution in [0.15, 0.2) is 0 Å². The monoisotopic (exact) mass is 269 g/mol. The van der Waals surface area contributed by atoms with Crippen LogP contribution < -0.4 is 0 Å². The van der Waals surface area contributed by atoms with Crippen molar-refractivity contribution in [1.82, 2.24) is 4.31 Å². The van der Waals surface area contributed by atoms with Gasteiger partial charge in [0.25, 0.3) is 0 Å². The van der Waals surface area contributed by atoms with E-state index >= 15 is 0 Å². The highest BCUT2D eigenvalue weighted by atomic mass is 35.5. The van der Waals surface area contributed by atoms with Crippen molar-refractivity contribution in [3.8, 4) is 0 Å². The number of ether oxygens (including phenoxy) is 1. The molecule has 16 heavy (non-hydrogen) atoms. The van der Waals surface area contributed by atoms with Crippen molar-refractivity contribution in [1.29, 1.82) is 0 Å². The Kier molecular flexibility index (Phi) is 5.50. The Balaban J connectivity index is 2.30. The van der Waals surface area contributed by atoms with Crippen LogP contribution in [0.4, 0.5) is 0 Å². The number of rotatable bonds is 7. The smallest absolute Gasteiger partial charge is 0.213 e. The van der Waals surface area contributed by atoms with Gasteiger partial charge < -0.3 is 4.74 Å². The molecule has 0 aliphatic heterocycles. The van der Waals surface area contributed by atoms with E-state index in [-0.39, 0.29) is 11.1 Å². The standard InChI is InChI=1S/C10H20ClNO3S/c1-12(8-9-6-10(11)7-9)16(13,14)5-3-4-15-2/h9-10H,3-8H2,1-2H3. The van der Waals surface area contributed by atoms with Gasteiger partial charge in [-0.05, 0) is 25.2 Å². The molecule has 0 heterocycles. The van der Waals surface area contributed by atoms with Gasteiger partial charge in [0.1, 0.15) is 0 Å². The average Bonchev–Trinajstić information content (AvgIpc) is 2.15. The van der Waals surface area contributed by atoms with Gasteiger partial charge in [0.15, 0.2) is 0 Å². The molecular formula is C10H20ClNO3S. The maximum Gasteiger partial charge on any atom is 0.213 e. The van der Waals surface area contributed by atoms with Gasteiger partial charge in [-0.1, -0.05) is 0 Å². The lowest BCUT2D eigenvalue weighted by atomic mass is 9.85. The number of hydrogen-bond donors (Lipinski definition) is 0. The molecule has 0 aromatic rings. The molecule has 0 N–H and O–H groups in total. The summed E-state index contributed by atoms with van der Waals surface area (Å²) < 4.78 is 29.9. The maximum atomic E-state index is 11.8. The van der Waals surface area contributed by atoms with Crippen molar-refractivity contribution in [2.24, 2.45) is 5.92 Å². The van der Waals surface area contributed by atoms with E-state index in [1.807, 2.05) is 0 Å². The molecule has 1 aliphatic carbocycles. The zero-order chi connectivity index (χ0) is 12.2. The molecule has 0 aromatic carbocycles. The summed E-state index contributed by atoms with van der Waals surface area (Å²) in [6.07, 6.45) is 2.41. The van der Waals surface area contributed by atoms with Gasteiger partial charge in [0.05, 0.1) is 5.75 Å². The number of halogens is 1. The van der Waals surface area contributed by atoms with E-state index in [2.05, 4.69) is 0 Å². The summed E-state index contributed by atoms with van der Waals surface area (Å²) in [7, 11) is 0.106. The van der Waals surface area contributed by atoms with Crippen LogP contribution in [0.1, 0.15) is 19.3 Å². The van der Waals surface area contributed by atoms with Gasteiger partial charge in [-0.25, -0.2) is 12.7 Å². The number of hydrogen-bond acceptors (Lipinski definition) is 3. The molecule has 0 amide bonds. The maximum absolute atomic E-state index is 11.8. The highest BCUT2D eigenvalue weighted by molar-refractivity contribution is 7.89. The van der Waals surface area contributed by atoms with Crippen molar-refractivity contribution in [2.45, 2.75) is 24.6 Å². The van der Waals surface area contributed by atoms with Crippen molar-refractivity contribution in [3.05, 3.63) is 0 Å². The summed E-state index contributed by atoms with van der Waals surface area (Å²) in [6, 6.07) is 0. The van der Waals surface area contributed by atoms with Gasteiger partial charge in [0.2, 0.25) is 10.0 Å². The summed E-state index contributed by atoms with van der Waals surface area (Å²) in [6.45, 7) is 1.08. The first-order valence-corrected chi connectivity index (χ1v) is 7.57. The Bertz CT molecular complexity index is 301. The summed E-state index contributed by atoms with van der Waals surface area (Å²) in [4.78, 5) is 0. The minimum Gasteiger partial charge on any atom is -0.385 e. The van der Waals surface area contributed by atoms with E-state index in [1.54, 1.807) is 14.2 Å². The van der Waals surface area contributed by atoms with Crippen LogP contribution in [0.2, 0.25) is 0 Å². The van der Waals surface area contributed by atoms with Gasteiger partial charge in [-0.3, -0.25) is 0 Å². The fraction of sp³-hybridized carbons (Fsp3) is 1.00. The molecule has 1 aliphatic rings. The molecular weight excluding hydrogens is 250 g/mol. The number of sulfonamides is 1. The van der Waals surface area contributed by atoms with Crippen LogP contribution in [-0.4, -0.2) is 51.2 Å². The highest BCUT2D eigenvalue weighted by Gasteiger charge is 2.30. The third-order valence-corrected chi connectivity index (χ3v) is 5.18. The second kappa shape index (κ2) is 6.19. The van der Waals surface area contributed by atoms with Crippen LogP contribution in [0, 0.1) is 5.92 Å². The Morgan fingerprint density at radius 1 is 1.44 bits per heavy atom. The van der Waals surface area contributed by atoms with Crippen molar-refractivity contribution in [3.63, 3.8) is 0 Å². The lowest BCUT2D eigenvalue weighted by molar-refractivity contribution is 0.199. The molecule has 0 aromatic heterocycles. The first kappa shape index (κ1) is 14.2. The van der Waals surface area contributed by atoms with Crippen molar-refractivity contribution < 1.29 is 13.2 Å². The quantitative estimate of drug-likeness (QED) is 0.517. The molecule has 0 saturated heterocycles. The number of alkyl halides is 1. The van der Waals surface area contributed by atoms with E-state index in [1.165, 1.54) is 4.31 Å². The summed E-state index contributed by atoms with van der Waals surface area (Å²) in [5, 5.41) is 0.245. The lowest BCUT2D eigenvalue weighted by Gasteiger charge is -2.33. The summed E-state index contributed by atoms with van der Waals surface area (Å²) in [5.74, 6) is 0.596. The number of nitrogens with zero attached hydrogens (tertiary/aromatic N) is 1. The number of methoxy groups -OCH3 is 1. The van der Waals surface area contributed by atoms with E-state index in [0.717, 1.165) is 12.8 Å². The van der Waals surface area contributed by atoms with Crippen molar-refractivity contribution >= 4 is 21.6 Å². The Morgan fingerprint density at radius 2 is 2.06 bits per heavy atom. The lowest BCUT2D eigenvalue weighted by Crippen LogP contribution is -2.39. The van der Waals surface area contributed by atoms with Gasteiger partial charge in [0, 0.05) is 32.7 Å². The van der Waals surface area contributed by atoms with Crippen LogP contribution in [0.25, 0.3) is 0 Å². The predicted octanol–water partition coefficient (Wildman–Crippen LogP) is 1.30. The summed E-state index contributed by atoms with van der Waals surface area (Å²) in [5.41, 5.74) is 0. The third kappa shape index (κ3) is 4.20. The van der Waals surface area contributed by atoms with Gasteiger partial charge in [-0.15, -0.1) is 11.6 Å². The Labute approximate surface area is 103 Å². The molecule has 1 fully saturated rings. The second-order valence-electron chi connectivity index (χ2n) is 4.38. The molecule has 1 rings (SSSR count). The molecule has 1 saturated carbocycles. The first-order valence-electron chi connectivity index (χ1n) is 5.52. The zero-order valence-electron chi connectivity index (χ0n) is 9.86. The third-order valence-electron chi connectivity index (χ3n) is 2.92. The van der Waals surface area contributed by atoms with Gasteiger partial charge in [-0.2, -0.15) is 0 Å². The summed E-state index contributed by atoms with van der Waals surface area (Å²) >= 11 is 5.86. The molecule has 0 spiro atoms. The molecule has 0 radical (unpaired) electrons. The van der Waals surface area contributed by atoms with Crippen LogP contribution in [0.3, 0.4) is 0 Å². The Morgan fingerprint density at radius 3 is 2.56 bits per heavy atom. The van der Waals surface area contributed by atoms with E-state index in [9.17, 15) is 8.42 Å². The van der Waals surface area contributed by atoms with E-state index < -0.39 is 10.0 Å². The highest BCUT2D eigenvalue weighted by Crippen LogP contribution is 2.32. The van der Waals surface area contributed by atoms with Crippen molar-refractivity contribution in [2.75, 3.05) is 33.1 Å². The van der Waals surface area contributed by atoms with E-state index in [0.29, 0.717) is 25.5 Å².